The highest BCUT2D eigenvalue weighted by Gasteiger charge is 2.19. The van der Waals surface area contributed by atoms with E-state index in [9.17, 15) is 9.50 Å². The van der Waals surface area contributed by atoms with Crippen LogP contribution >= 0.6 is 0 Å². The largest absolute Gasteiger partial charge is 0.388 e. The van der Waals surface area contributed by atoms with E-state index in [1.165, 1.54) is 10.7 Å². The van der Waals surface area contributed by atoms with E-state index >= 15 is 0 Å². The molecule has 0 saturated heterocycles. The first-order valence-electron chi connectivity index (χ1n) is 7.29. The van der Waals surface area contributed by atoms with Gasteiger partial charge in [0.05, 0.1) is 11.8 Å². The van der Waals surface area contributed by atoms with Crippen LogP contribution in [0.3, 0.4) is 0 Å². The molecule has 2 rings (SSSR count). The molecule has 5 nitrogen and oxygen atoms in total. The molecule has 1 heterocycles. The third kappa shape index (κ3) is 3.91. The number of rotatable bonds is 6. The molecule has 1 aromatic heterocycles. The van der Waals surface area contributed by atoms with E-state index in [1.54, 1.807) is 25.4 Å². The van der Waals surface area contributed by atoms with Crippen molar-refractivity contribution in [2.24, 2.45) is 5.73 Å². The van der Waals surface area contributed by atoms with Crippen LogP contribution in [0.4, 0.5) is 4.39 Å². The van der Waals surface area contributed by atoms with Gasteiger partial charge in [-0.05, 0) is 44.0 Å². The van der Waals surface area contributed by atoms with Gasteiger partial charge in [0.2, 0.25) is 0 Å². The van der Waals surface area contributed by atoms with Crippen LogP contribution in [0.1, 0.15) is 31.0 Å². The molecule has 22 heavy (non-hydrogen) atoms. The third-order valence-corrected chi connectivity index (χ3v) is 3.66. The van der Waals surface area contributed by atoms with E-state index in [-0.39, 0.29) is 18.4 Å². The van der Waals surface area contributed by atoms with Crippen LogP contribution < -0.4 is 11.1 Å². The van der Waals surface area contributed by atoms with Crippen LogP contribution in [0, 0.1) is 12.7 Å². The average Bonchev–Trinajstić information content (AvgIpc) is 2.91. The summed E-state index contributed by atoms with van der Waals surface area (Å²) < 4.78 is 15.8. The Morgan fingerprint density at radius 2 is 2.23 bits per heavy atom. The zero-order valence-corrected chi connectivity index (χ0v) is 13.2. The second-order valence-electron chi connectivity index (χ2n) is 5.98. The van der Waals surface area contributed by atoms with Gasteiger partial charge in [0, 0.05) is 25.3 Å². The fourth-order valence-electron chi connectivity index (χ4n) is 2.09. The monoisotopic (exact) mass is 306 g/mol. The maximum Gasteiger partial charge on any atom is 0.149 e. The number of hydrogen-bond acceptors (Lipinski definition) is 4. The van der Waals surface area contributed by atoms with Crippen LogP contribution in [0.5, 0.6) is 0 Å². The van der Waals surface area contributed by atoms with Crippen molar-refractivity contribution >= 4 is 0 Å². The molecule has 4 N–H and O–H groups in total. The third-order valence-electron chi connectivity index (χ3n) is 3.66. The molecule has 0 fully saturated rings. The minimum absolute atomic E-state index is 0.0964. The van der Waals surface area contributed by atoms with Gasteiger partial charge in [-0.25, -0.2) is 9.07 Å². The predicted molar refractivity (Wildman–Crippen MR) is 84.4 cm³/mol. The van der Waals surface area contributed by atoms with Crippen LogP contribution in [-0.2, 0) is 0 Å². The molecule has 2 atom stereocenters. The van der Waals surface area contributed by atoms with Crippen molar-refractivity contribution < 1.29 is 9.50 Å². The fraction of sp³-hybridized carbons (Fsp3) is 0.438. The number of aryl methyl sites for hydroxylation is 1. The highest BCUT2D eigenvalue weighted by molar-refractivity contribution is 5.37. The lowest BCUT2D eigenvalue weighted by atomic mass is 10.0. The summed E-state index contributed by atoms with van der Waals surface area (Å²) in [4.78, 5) is 0. The maximum atomic E-state index is 14.3. The van der Waals surface area contributed by atoms with Crippen LogP contribution in [0.2, 0.25) is 0 Å². The molecule has 0 amide bonds. The lowest BCUT2D eigenvalue weighted by Gasteiger charge is -2.24. The summed E-state index contributed by atoms with van der Waals surface area (Å²) in [5, 5.41) is 17.2. The lowest BCUT2D eigenvalue weighted by molar-refractivity contribution is 0.0661. The van der Waals surface area contributed by atoms with E-state index in [4.69, 9.17) is 5.73 Å². The van der Waals surface area contributed by atoms with E-state index < -0.39 is 5.60 Å². The summed E-state index contributed by atoms with van der Waals surface area (Å²) in [5.74, 6) is -0.333. The summed E-state index contributed by atoms with van der Waals surface area (Å²) in [6.07, 6.45) is 3.46. The second kappa shape index (κ2) is 6.56. The lowest BCUT2D eigenvalue weighted by Crippen LogP contribution is -2.44. The van der Waals surface area contributed by atoms with Crippen molar-refractivity contribution in [2.75, 3.05) is 13.1 Å². The molecule has 6 heteroatoms. The molecular weight excluding hydrogens is 283 g/mol. The van der Waals surface area contributed by atoms with Crippen LogP contribution in [0.15, 0.2) is 30.6 Å². The summed E-state index contributed by atoms with van der Waals surface area (Å²) in [6.45, 7) is 5.99. The summed E-state index contributed by atoms with van der Waals surface area (Å²) in [6, 6.07) is 4.95. The smallest absolute Gasteiger partial charge is 0.149 e. The Morgan fingerprint density at radius 1 is 1.50 bits per heavy atom. The Labute approximate surface area is 129 Å². The number of benzene rings is 1. The molecule has 0 saturated carbocycles. The SMILES string of the molecule is Cc1cnn(-c2ccc(C(C)NCC(C)(O)CN)cc2F)c1. The van der Waals surface area contributed by atoms with Gasteiger partial charge in [0.25, 0.3) is 0 Å². The maximum absolute atomic E-state index is 14.3. The van der Waals surface area contributed by atoms with Crippen molar-refractivity contribution in [2.45, 2.75) is 32.4 Å². The molecule has 120 valence electrons. The van der Waals surface area contributed by atoms with Gasteiger partial charge in [-0.15, -0.1) is 0 Å². The molecule has 0 bridgehead atoms. The normalized spacial score (nSPS) is 15.5. The van der Waals surface area contributed by atoms with Gasteiger partial charge in [-0.2, -0.15) is 5.10 Å². The van der Waals surface area contributed by atoms with Gasteiger partial charge in [0.1, 0.15) is 11.5 Å². The van der Waals surface area contributed by atoms with Crippen molar-refractivity contribution in [3.8, 4) is 5.69 Å². The Balaban J connectivity index is 2.12. The Kier molecular flexibility index (Phi) is 4.95. The first-order valence-corrected chi connectivity index (χ1v) is 7.29. The molecule has 0 spiro atoms. The van der Waals surface area contributed by atoms with E-state index in [1.807, 2.05) is 19.9 Å². The van der Waals surface area contributed by atoms with Gasteiger partial charge in [-0.1, -0.05) is 6.07 Å². The van der Waals surface area contributed by atoms with Crippen molar-refractivity contribution in [1.29, 1.82) is 0 Å². The first kappa shape index (κ1) is 16.6. The number of aromatic nitrogens is 2. The van der Waals surface area contributed by atoms with Gasteiger partial charge in [0.15, 0.2) is 0 Å². The zero-order valence-electron chi connectivity index (χ0n) is 13.2. The standard InChI is InChI=1S/C16H23FN4O/c1-11-7-20-21(8-11)15-5-4-13(6-14(15)17)12(2)19-10-16(3,22)9-18/h4-8,12,19,22H,9-10,18H2,1-3H3. The summed E-state index contributed by atoms with van der Waals surface area (Å²) >= 11 is 0. The van der Waals surface area contributed by atoms with E-state index in [0.717, 1.165) is 11.1 Å². The Hall–Kier alpha value is -1.76. The van der Waals surface area contributed by atoms with Gasteiger partial charge >= 0.3 is 0 Å². The predicted octanol–water partition coefficient (Wildman–Crippen LogP) is 1.68. The van der Waals surface area contributed by atoms with Gasteiger partial charge < -0.3 is 16.2 Å². The Morgan fingerprint density at radius 3 is 2.77 bits per heavy atom. The van der Waals surface area contributed by atoms with Gasteiger partial charge in [-0.3, -0.25) is 0 Å². The fourth-order valence-corrected chi connectivity index (χ4v) is 2.09. The van der Waals surface area contributed by atoms with Crippen LogP contribution in [-0.4, -0.2) is 33.6 Å². The van der Waals surface area contributed by atoms with E-state index in [2.05, 4.69) is 10.4 Å². The molecular formula is C16H23FN4O. The molecule has 1 aromatic carbocycles. The molecule has 0 radical (unpaired) electrons. The molecule has 0 aliphatic carbocycles. The number of nitrogens with zero attached hydrogens (tertiary/aromatic N) is 2. The summed E-state index contributed by atoms with van der Waals surface area (Å²) in [7, 11) is 0. The van der Waals surface area contributed by atoms with Crippen LogP contribution in [0.25, 0.3) is 5.69 Å². The minimum atomic E-state index is -0.973. The first-order chi connectivity index (χ1) is 10.3. The van der Waals surface area contributed by atoms with Crippen molar-refractivity contribution in [3.63, 3.8) is 0 Å². The number of aliphatic hydroxyl groups is 1. The molecule has 0 aliphatic heterocycles. The number of halogens is 1. The quantitative estimate of drug-likeness (QED) is 0.759. The second-order valence-corrected chi connectivity index (χ2v) is 5.98. The molecule has 2 aromatic rings. The zero-order chi connectivity index (χ0) is 16.3. The average molecular weight is 306 g/mol. The highest BCUT2D eigenvalue weighted by atomic mass is 19.1. The van der Waals surface area contributed by atoms with Crippen molar-refractivity contribution in [3.05, 3.63) is 47.5 Å². The number of nitrogens with one attached hydrogen (secondary N) is 1. The minimum Gasteiger partial charge on any atom is -0.388 e. The van der Waals surface area contributed by atoms with E-state index in [0.29, 0.717) is 12.2 Å². The molecule has 2 unspecified atom stereocenters. The highest BCUT2D eigenvalue weighted by Crippen LogP contribution is 2.20. The number of hydrogen-bond donors (Lipinski definition) is 3. The summed E-state index contributed by atoms with van der Waals surface area (Å²) in [5.41, 5.74) is 6.70. The number of nitrogens with two attached hydrogens (primary N) is 1. The Bertz CT molecular complexity index is 639. The van der Waals surface area contributed by atoms with Crippen molar-refractivity contribution in [1.82, 2.24) is 15.1 Å². The molecule has 0 aliphatic rings. The topological polar surface area (TPSA) is 76.1 Å².